The van der Waals surface area contributed by atoms with Gasteiger partial charge in [-0.05, 0) is 50.8 Å². The van der Waals surface area contributed by atoms with Crippen molar-refractivity contribution in [2.24, 2.45) is 5.92 Å². The van der Waals surface area contributed by atoms with E-state index in [1.165, 1.54) is 10.4 Å². The second-order valence-electron chi connectivity index (χ2n) is 8.63. The summed E-state index contributed by atoms with van der Waals surface area (Å²) in [5, 5.41) is 2.82. The Morgan fingerprint density at radius 2 is 1.75 bits per heavy atom. The van der Waals surface area contributed by atoms with Crippen LogP contribution in [0.15, 0.2) is 23.1 Å². The summed E-state index contributed by atoms with van der Waals surface area (Å²) in [4.78, 5) is 28.8. The molecule has 1 aliphatic carbocycles. The number of carbonyl (C=O) groups is 2. The number of anilines is 1. The van der Waals surface area contributed by atoms with Crippen molar-refractivity contribution in [1.29, 1.82) is 0 Å². The first kappa shape index (κ1) is 23.0. The Hall–Kier alpha value is -2.17. The van der Waals surface area contributed by atoms with Crippen molar-refractivity contribution >= 4 is 27.5 Å². The van der Waals surface area contributed by atoms with Crippen molar-refractivity contribution in [3.05, 3.63) is 18.2 Å². The summed E-state index contributed by atoms with van der Waals surface area (Å²) in [7, 11) is -3.68. The number of amides is 2. The lowest BCUT2D eigenvalue weighted by atomic mass is 10.2. The Kier molecular flexibility index (Phi) is 7.02. The number of hydrogen-bond acceptors (Lipinski definition) is 6. The first-order valence-electron chi connectivity index (χ1n) is 11.5. The topological polar surface area (TPSA) is 99.3 Å². The Balaban J connectivity index is 1.38. The molecule has 0 atom stereocenters. The molecule has 0 unspecified atom stereocenters. The van der Waals surface area contributed by atoms with Gasteiger partial charge >= 0.3 is 0 Å². The van der Waals surface area contributed by atoms with E-state index in [-0.39, 0.29) is 29.2 Å². The lowest BCUT2D eigenvalue weighted by Crippen LogP contribution is -2.50. The molecule has 10 heteroatoms. The van der Waals surface area contributed by atoms with Crippen LogP contribution in [0.3, 0.4) is 0 Å². The van der Waals surface area contributed by atoms with Gasteiger partial charge in [-0.25, -0.2) is 8.42 Å². The van der Waals surface area contributed by atoms with Crippen molar-refractivity contribution in [2.75, 3.05) is 57.7 Å². The van der Waals surface area contributed by atoms with E-state index >= 15 is 0 Å². The van der Waals surface area contributed by atoms with Crippen LogP contribution in [0.5, 0.6) is 5.75 Å². The van der Waals surface area contributed by atoms with Gasteiger partial charge in [0.05, 0.1) is 13.2 Å². The third kappa shape index (κ3) is 5.24. The molecular weight excluding hydrogens is 432 g/mol. The van der Waals surface area contributed by atoms with Gasteiger partial charge in [-0.1, -0.05) is 0 Å². The number of nitrogens with one attached hydrogen (secondary N) is 1. The number of rotatable bonds is 8. The van der Waals surface area contributed by atoms with E-state index in [2.05, 4.69) is 5.32 Å². The van der Waals surface area contributed by atoms with Crippen LogP contribution in [-0.4, -0.2) is 86.8 Å². The van der Waals surface area contributed by atoms with E-state index in [0.717, 1.165) is 25.7 Å². The first-order chi connectivity index (χ1) is 15.4. The van der Waals surface area contributed by atoms with E-state index in [1.54, 1.807) is 19.1 Å². The average Bonchev–Trinajstić information content (AvgIpc) is 3.47. The van der Waals surface area contributed by atoms with Crippen LogP contribution < -0.4 is 10.1 Å². The van der Waals surface area contributed by atoms with Gasteiger partial charge in [0.15, 0.2) is 0 Å². The molecule has 9 nitrogen and oxygen atoms in total. The highest BCUT2D eigenvalue weighted by Crippen LogP contribution is 2.32. The standard InChI is InChI=1S/C22H32N4O5S/c1-2-31-19-8-7-18(15-20(19)32(29,30)26-9-3-4-10-26)23-21(27)16-24-11-13-25(14-12-24)22(28)17-5-6-17/h7-8,15,17H,2-6,9-14,16H2,1H3,(H,23,27). The molecule has 1 aromatic carbocycles. The SMILES string of the molecule is CCOc1ccc(NC(=O)CN2CCN(C(=O)C3CC3)CC2)cc1S(=O)(=O)N1CCCC1. The fraction of sp³-hybridized carbons (Fsp3) is 0.636. The van der Waals surface area contributed by atoms with Gasteiger partial charge in [0.2, 0.25) is 21.8 Å². The van der Waals surface area contributed by atoms with Gasteiger partial charge in [-0.15, -0.1) is 0 Å². The van der Waals surface area contributed by atoms with E-state index in [0.29, 0.717) is 57.3 Å². The zero-order chi connectivity index (χ0) is 22.7. The summed E-state index contributed by atoms with van der Waals surface area (Å²) in [5.41, 5.74) is 0.429. The minimum Gasteiger partial charge on any atom is -0.492 e. The molecule has 1 aromatic rings. The van der Waals surface area contributed by atoms with Gasteiger partial charge < -0.3 is 15.0 Å². The minimum atomic E-state index is -3.68. The molecule has 0 aromatic heterocycles. The van der Waals surface area contributed by atoms with Crippen LogP contribution in [0.2, 0.25) is 0 Å². The molecule has 4 rings (SSSR count). The molecule has 0 radical (unpaired) electrons. The number of sulfonamides is 1. The molecule has 3 aliphatic rings. The van der Waals surface area contributed by atoms with Gasteiger partial charge in [0.1, 0.15) is 10.6 Å². The quantitative estimate of drug-likeness (QED) is 0.624. The minimum absolute atomic E-state index is 0.0891. The van der Waals surface area contributed by atoms with Crippen LogP contribution in [0.25, 0.3) is 0 Å². The summed E-state index contributed by atoms with van der Waals surface area (Å²) in [6, 6.07) is 4.76. The normalized spacial score (nSPS) is 20.3. The maximum atomic E-state index is 13.1. The third-order valence-electron chi connectivity index (χ3n) is 6.19. The maximum absolute atomic E-state index is 13.1. The third-order valence-corrected chi connectivity index (χ3v) is 8.11. The second-order valence-corrected chi connectivity index (χ2v) is 10.5. The number of ether oxygens (including phenoxy) is 1. The van der Waals surface area contributed by atoms with E-state index < -0.39 is 10.0 Å². The van der Waals surface area contributed by atoms with Crippen molar-refractivity contribution < 1.29 is 22.7 Å². The summed E-state index contributed by atoms with van der Waals surface area (Å²) in [6.45, 7) is 5.96. The fourth-order valence-corrected chi connectivity index (χ4v) is 5.92. The molecule has 2 saturated heterocycles. The summed E-state index contributed by atoms with van der Waals surface area (Å²) in [5.74, 6) is 0.556. The molecule has 32 heavy (non-hydrogen) atoms. The Morgan fingerprint density at radius 3 is 2.38 bits per heavy atom. The predicted molar refractivity (Wildman–Crippen MR) is 120 cm³/mol. The smallest absolute Gasteiger partial charge is 0.246 e. The summed E-state index contributed by atoms with van der Waals surface area (Å²) in [6.07, 6.45) is 3.69. The van der Waals surface area contributed by atoms with Gasteiger partial charge in [0, 0.05) is 50.9 Å². The molecular formula is C22H32N4O5S. The highest BCUT2D eigenvalue weighted by Gasteiger charge is 2.35. The lowest BCUT2D eigenvalue weighted by molar-refractivity contribution is -0.134. The Labute approximate surface area is 189 Å². The molecule has 2 aliphatic heterocycles. The molecule has 0 spiro atoms. The zero-order valence-corrected chi connectivity index (χ0v) is 19.4. The molecule has 1 N–H and O–H groups in total. The molecule has 0 bridgehead atoms. The maximum Gasteiger partial charge on any atom is 0.246 e. The van der Waals surface area contributed by atoms with E-state index in [4.69, 9.17) is 4.74 Å². The van der Waals surface area contributed by atoms with Crippen LogP contribution in [-0.2, 0) is 19.6 Å². The molecule has 176 valence electrons. The first-order valence-corrected chi connectivity index (χ1v) is 12.9. The van der Waals surface area contributed by atoms with Crippen molar-refractivity contribution in [1.82, 2.24) is 14.1 Å². The van der Waals surface area contributed by atoms with Crippen molar-refractivity contribution in [3.8, 4) is 5.75 Å². The monoisotopic (exact) mass is 464 g/mol. The number of carbonyl (C=O) groups excluding carboxylic acids is 2. The fourth-order valence-electron chi connectivity index (χ4n) is 4.25. The average molecular weight is 465 g/mol. The number of benzene rings is 1. The van der Waals surface area contributed by atoms with E-state index in [1.807, 2.05) is 9.80 Å². The highest BCUT2D eigenvalue weighted by atomic mass is 32.2. The van der Waals surface area contributed by atoms with E-state index in [9.17, 15) is 18.0 Å². The van der Waals surface area contributed by atoms with Crippen molar-refractivity contribution in [2.45, 2.75) is 37.5 Å². The molecule has 2 heterocycles. The van der Waals surface area contributed by atoms with Crippen LogP contribution in [0, 0.1) is 5.92 Å². The predicted octanol–water partition coefficient (Wildman–Crippen LogP) is 1.36. The number of hydrogen-bond donors (Lipinski definition) is 1. The second kappa shape index (κ2) is 9.76. The van der Waals surface area contributed by atoms with Crippen molar-refractivity contribution in [3.63, 3.8) is 0 Å². The number of piperazine rings is 1. The van der Waals surface area contributed by atoms with Crippen LogP contribution in [0.1, 0.15) is 32.6 Å². The molecule has 3 fully saturated rings. The van der Waals surface area contributed by atoms with Gasteiger partial charge in [-0.2, -0.15) is 4.31 Å². The van der Waals surface area contributed by atoms with Crippen LogP contribution >= 0.6 is 0 Å². The van der Waals surface area contributed by atoms with Gasteiger partial charge in [0.25, 0.3) is 0 Å². The summed E-state index contributed by atoms with van der Waals surface area (Å²) >= 11 is 0. The highest BCUT2D eigenvalue weighted by molar-refractivity contribution is 7.89. The van der Waals surface area contributed by atoms with Crippen LogP contribution in [0.4, 0.5) is 5.69 Å². The van der Waals surface area contributed by atoms with Gasteiger partial charge in [-0.3, -0.25) is 14.5 Å². The number of nitrogens with zero attached hydrogens (tertiary/aromatic N) is 3. The molecule has 1 saturated carbocycles. The lowest BCUT2D eigenvalue weighted by Gasteiger charge is -2.34. The Morgan fingerprint density at radius 1 is 1.06 bits per heavy atom. The largest absolute Gasteiger partial charge is 0.492 e. The summed E-state index contributed by atoms with van der Waals surface area (Å²) < 4.78 is 33.3. The Bertz CT molecular complexity index is 949. The molecule has 2 amide bonds. The zero-order valence-electron chi connectivity index (χ0n) is 18.6.